The molecular formula is C30H27N5O6. The predicted molar refractivity (Wildman–Crippen MR) is 150 cm³/mol. The van der Waals surface area contributed by atoms with E-state index in [2.05, 4.69) is 10.5 Å². The molecule has 0 aliphatic carbocycles. The number of phenolic OH excluding ortho intramolecular Hbond substituents is 1. The number of rotatable bonds is 6. The molecule has 0 saturated carbocycles. The van der Waals surface area contributed by atoms with Crippen LogP contribution >= 0.6 is 0 Å². The van der Waals surface area contributed by atoms with Gasteiger partial charge >= 0.3 is 5.97 Å². The third-order valence-electron chi connectivity index (χ3n) is 7.74. The van der Waals surface area contributed by atoms with Gasteiger partial charge < -0.3 is 25.3 Å². The molecule has 6 rings (SSSR count). The molecule has 4 aromatic rings. The molecule has 0 bridgehead atoms. The van der Waals surface area contributed by atoms with Gasteiger partial charge in [-0.3, -0.25) is 9.59 Å². The van der Waals surface area contributed by atoms with Crippen LogP contribution in [0.2, 0.25) is 0 Å². The number of fused-ring (bicyclic) bond motifs is 5. The number of ether oxygens (including phenoxy) is 1. The second-order valence-corrected chi connectivity index (χ2v) is 10.2. The highest BCUT2D eigenvalue weighted by Crippen LogP contribution is 2.39. The number of benzene rings is 2. The van der Waals surface area contributed by atoms with Crippen LogP contribution in [0.5, 0.6) is 5.75 Å². The van der Waals surface area contributed by atoms with Gasteiger partial charge in [0.05, 0.1) is 41.3 Å². The maximum atomic E-state index is 13.6. The summed E-state index contributed by atoms with van der Waals surface area (Å²) in [5.74, 6) is -1.14. The molecule has 1 amide bonds. The maximum Gasteiger partial charge on any atom is 0.343 e. The molecule has 2 aliphatic rings. The van der Waals surface area contributed by atoms with E-state index >= 15 is 0 Å². The van der Waals surface area contributed by atoms with Crippen molar-refractivity contribution in [3.05, 3.63) is 92.8 Å². The van der Waals surface area contributed by atoms with Gasteiger partial charge in [-0.05, 0) is 42.7 Å². The Kier molecular flexibility index (Phi) is 6.40. The summed E-state index contributed by atoms with van der Waals surface area (Å²) in [6.07, 6.45) is 1.82. The molecule has 2 atom stereocenters. The Morgan fingerprint density at radius 1 is 1.22 bits per heavy atom. The van der Waals surface area contributed by atoms with Crippen LogP contribution in [0.1, 0.15) is 41.2 Å². The summed E-state index contributed by atoms with van der Waals surface area (Å²) >= 11 is 0. The van der Waals surface area contributed by atoms with Crippen molar-refractivity contribution >= 4 is 29.0 Å². The highest BCUT2D eigenvalue weighted by molar-refractivity contribution is 6.02. The van der Waals surface area contributed by atoms with E-state index < -0.39 is 23.5 Å². The quantitative estimate of drug-likeness (QED) is 0.140. The number of amides is 1. The van der Waals surface area contributed by atoms with Crippen LogP contribution in [0.15, 0.2) is 64.5 Å². The van der Waals surface area contributed by atoms with Crippen molar-refractivity contribution in [3.8, 4) is 17.1 Å². The number of phenols is 1. The number of aliphatic hydroxyl groups is 1. The lowest BCUT2D eigenvalue weighted by Crippen LogP contribution is -2.44. The SMILES string of the molecule is CC[C@@]1(O)C(=O)OCc2c1cc1n(c2=O)Cc2c-1nc1ccccc1c2/C=N\NC(=O)C(N)Cc1ccc(O)cc1. The molecule has 0 radical (unpaired) electrons. The van der Waals surface area contributed by atoms with Crippen molar-refractivity contribution in [2.45, 2.75) is 44.6 Å². The Morgan fingerprint density at radius 3 is 2.73 bits per heavy atom. The average Bonchev–Trinajstić information content (AvgIpc) is 3.34. The molecule has 208 valence electrons. The lowest BCUT2D eigenvalue weighted by molar-refractivity contribution is -0.172. The molecule has 41 heavy (non-hydrogen) atoms. The largest absolute Gasteiger partial charge is 0.508 e. The van der Waals surface area contributed by atoms with Gasteiger partial charge in [-0.2, -0.15) is 5.10 Å². The van der Waals surface area contributed by atoms with E-state index in [-0.39, 0.29) is 48.4 Å². The number of esters is 1. The van der Waals surface area contributed by atoms with E-state index in [9.17, 15) is 24.6 Å². The third kappa shape index (κ3) is 4.35. The average molecular weight is 554 g/mol. The second kappa shape index (κ2) is 9.95. The summed E-state index contributed by atoms with van der Waals surface area (Å²) in [5.41, 5.74) is 10.6. The van der Waals surface area contributed by atoms with Gasteiger partial charge in [0.1, 0.15) is 12.4 Å². The molecule has 2 aromatic carbocycles. The van der Waals surface area contributed by atoms with Crippen molar-refractivity contribution in [2.24, 2.45) is 10.8 Å². The molecule has 4 heterocycles. The first kappa shape index (κ1) is 26.4. The molecule has 11 heteroatoms. The van der Waals surface area contributed by atoms with Crippen LogP contribution in [0.25, 0.3) is 22.3 Å². The summed E-state index contributed by atoms with van der Waals surface area (Å²) < 4.78 is 6.70. The lowest BCUT2D eigenvalue weighted by Gasteiger charge is -2.31. The van der Waals surface area contributed by atoms with Crippen molar-refractivity contribution in [1.82, 2.24) is 15.0 Å². The van der Waals surface area contributed by atoms with E-state index in [0.29, 0.717) is 28.0 Å². The zero-order chi connectivity index (χ0) is 28.9. The first-order valence-corrected chi connectivity index (χ1v) is 13.2. The summed E-state index contributed by atoms with van der Waals surface area (Å²) in [6.45, 7) is 1.62. The predicted octanol–water partition coefficient (Wildman–Crippen LogP) is 1.81. The highest BCUT2D eigenvalue weighted by Gasteiger charge is 2.45. The maximum absolute atomic E-state index is 13.6. The van der Waals surface area contributed by atoms with E-state index in [0.717, 1.165) is 10.9 Å². The molecule has 2 aromatic heterocycles. The minimum Gasteiger partial charge on any atom is -0.508 e. The first-order chi connectivity index (χ1) is 19.7. The van der Waals surface area contributed by atoms with Gasteiger partial charge in [0.25, 0.3) is 11.5 Å². The van der Waals surface area contributed by atoms with Gasteiger partial charge in [0.15, 0.2) is 5.60 Å². The molecule has 2 aliphatic heterocycles. The lowest BCUT2D eigenvalue weighted by atomic mass is 9.86. The van der Waals surface area contributed by atoms with Gasteiger partial charge in [-0.15, -0.1) is 0 Å². The van der Waals surface area contributed by atoms with Crippen molar-refractivity contribution in [3.63, 3.8) is 0 Å². The summed E-state index contributed by atoms with van der Waals surface area (Å²) in [6, 6.07) is 14.6. The Bertz CT molecular complexity index is 1810. The molecule has 0 fully saturated rings. The molecule has 1 unspecified atom stereocenters. The number of hydrogen-bond acceptors (Lipinski definition) is 9. The molecule has 0 spiro atoms. The van der Waals surface area contributed by atoms with Crippen molar-refractivity contribution in [1.29, 1.82) is 0 Å². The smallest absolute Gasteiger partial charge is 0.343 e. The van der Waals surface area contributed by atoms with E-state index in [1.807, 2.05) is 24.3 Å². The summed E-state index contributed by atoms with van der Waals surface area (Å²) in [4.78, 5) is 43.5. The van der Waals surface area contributed by atoms with Crippen LogP contribution in [0, 0.1) is 0 Å². The summed E-state index contributed by atoms with van der Waals surface area (Å²) in [5, 5.41) is 25.5. The number of carbonyl (C=O) groups excluding carboxylic acids is 2. The number of nitrogens with zero attached hydrogens (tertiary/aromatic N) is 3. The molecular weight excluding hydrogens is 526 g/mol. The molecule has 0 saturated heterocycles. The van der Waals surface area contributed by atoms with Crippen LogP contribution in [0.3, 0.4) is 0 Å². The van der Waals surface area contributed by atoms with Gasteiger partial charge in [-0.1, -0.05) is 37.3 Å². The minimum atomic E-state index is -1.92. The number of pyridine rings is 2. The van der Waals surface area contributed by atoms with E-state index in [4.69, 9.17) is 15.5 Å². The Balaban J connectivity index is 1.36. The second-order valence-electron chi connectivity index (χ2n) is 10.2. The van der Waals surface area contributed by atoms with Crippen LogP contribution in [0.4, 0.5) is 0 Å². The monoisotopic (exact) mass is 553 g/mol. The third-order valence-corrected chi connectivity index (χ3v) is 7.74. The first-order valence-electron chi connectivity index (χ1n) is 13.2. The molecule has 11 nitrogen and oxygen atoms in total. The zero-order valence-corrected chi connectivity index (χ0v) is 22.1. The molecule has 5 N–H and O–H groups in total. The van der Waals surface area contributed by atoms with Gasteiger partial charge in [-0.25, -0.2) is 15.2 Å². The Hall–Kier alpha value is -4.87. The van der Waals surface area contributed by atoms with Crippen LogP contribution in [-0.4, -0.2) is 43.9 Å². The number of para-hydroxylation sites is 1. The number of nitrogens with one attached hydrogen (secondary N) is 1. The number of carbonyl (C=O) groups is 2. The van der Waals surface area contributed by atoms with E-state index in [1.54, 1.807) is 29.7 Å². The normalized spacial score (nSPS) is 18.1. The van der Waals surface area contributed by atoms with Gasteiger partial charge in [0, 0.05) is 22.1 Å². The fourth-order valence-corrected chi connectivity index (χ4v) is 5.43. The van der Waals surface area contributed by atoms with Gasteiger partial charge in [0.2, 0.25) is 0 Å². The number of aromatic hydroxyl groups is 1. The Morgan fingerprint density at radius 2 is 1.98 bits per heavy atom. The highest BCUT2D eigenvalue weighted by atomic mass is 16.6. The number of hydrazone groups is 1. The standard InChI is InChI=1S/C30H27N5O6/c1-2-30(40)22-12-25-26-20(14-35(25)28(38)21(22)15-41-29(30)39)19(18-5-3-4-6-24(18)33-26)13-32-34-27(37)23(31)11-16-7-9-17(36)10-8-16/h3-10,12-13,23,36,40H,2,11,14-15,31H2,1H3,(H,34,37)/b32-13-/t23?,30-/m0/s1. The zero-order valence-electron chi connectivity index (χ0n) is 22.1. The minimum absolute atomic E-state index is 0.0478. The van der Waals surface area contributed by atoms with Crippen molar-refractivity contribution < 1.29 is 24.5 Å². The fourth-order valence-electron chi connectivity index (χ4n) is 5.43. The van der Waals surface area contributed by atoms with Crippen LogP contribution in [-0.2, 0) is 39.5 Å². The number of hydrogen-bond donors (Lipinski definition) is 4. The van der Waals surface area contributed by atoms with Crippen molar-refractivity contribution in [2.75, 3.05) is 0 Å². The number of nitrogens with two attached hydrogens (primary N) is 1. The summed E-state index contributed by atoms with van der Waals surface area (Å²) in [7, 11) is 0. The topological polar surface area (TPSA) is 169 Å². The number of cyclic esters (lactones) is 1. The number of aromatic nitrogens is 2. The Labute approximate surface area is 233 Å². The fraction of sp³-hybridized carbons (Fsp3) is 0.233. The van der Waals surface area contributed by atoms with Crippen LogP contribution < -0.4 is 16.7 Å². The van der Waals surface area contributed by atoms with E-state index in [1.165, 1.54) is 18.3 Å².